The zero-order valence-corrected chi connectivity index (χ0v) is 8.96. The molecule has 1 aliphatic carbocycles. The van der Waals surface area contributed by atoms with Crippen LogP contribution in [0, 0.1) is 6.92 Å². The van der Waals surface area contributed by atoms with Crippen LogP contribution < -0.4 is 5.32 Å². The second-order valence-corrected chi connectivity index (χ2v) is 3.76. The molecule has 0 heterocycles. The van der Waals surface area contributed by atoms with Crippen LogP contribution in [0.1, 0.15) is 24.8 Å². The van der Waals surface area contributed by atoms with Gasteiger partial charge in [-0.25, -0.2) is 0 Å². The van der Waals surface area contributed by atoms with Crippen molar-refractivity contribution in [2.75, 3.05) is 7.05 Å². The molecule has 14 heavy (non-hydrogen) atoms. The Morgan fingerprint density at radius 2 is 2.07 bits per heavy atom. The van der Waals surface area contributed by atoms with Crippen molar-refractivity contribution in [1.29, 1.82) is 0 Å². The zero-order valence-electron chi connectivity index (χ0n) is 8.96. The van der Waals surface area contributed by atoms with Gasteiger partial charge in [0.2, 0.25) is 0 Å². The molecule has 0 atom stereocenters. The molecule has 0 bridgehead atoms. The van der Waals surface area contributed by atoms with Gasteiger partial charge in [0.1, 0.15) is 5.75 Å². The fraction of sp³-hybridized carbons (Fsp3) is 0.500. The number of hydrogen-bond acceptors (Lipinski definition) is 2. The Labute approximate surface area is 86.0 Å². The van der Waals surface area contributed by atoms with Gasteiger partial charge in [-0.05, 0) is 44.5 Å². The lowest BCUT2D eigenvalue weighted by atomic mass is 9.94. The van der Waals surface area contributed by atoms with E-state index in [4.69, 9.17) is 5.11 Å². The van der Waals surface area contributed by atoms with Gasteiger partial charge in [-0.15, -0.1) is 0 Å². The number of aromatic hydroxyl groups is 1. The normalized spacial score (nSPS) is 15.3. The van der Waals surface area contributed by atoms with Crippen LogP contribution in [-0.4, -0.2) is 18.2 Å². The number of benzene rings is 1. The monoisotopic (exact) mass is 193 g/mol. The summed E-state index contributed by atoms with van der Waals surface area (Å²) in [5.41, 5.74) is 1.09. The summed E-state index contributed by atoms with van der Waals surface area (Å²) >= 11 is 0. The highest BCUT2D eigenvalue weighted by molar-refractivity contribution is 5.25. The standard InChI is InChI=1S/C7H8O.C5H11N/c1-6-3-2-4-7(8)5-6;1-6-5-3-2-4-5/h2-5,8H,1H3;5-6H,2-4H2,1H3. The Kier molecular flexibility index (Phi) is 4.47. The molecule has 1 saturated carbocycles. The molecule has 1 aromatic rings. The summed E-state index contributed by atoms with van der Waals surface area (Å²) in [5, 5.41) is 12.0. The van der Waals surface area contributed by atoms with E-state index in [0.717, 1.165) is 11.6 Å². The smallest absolute Gasteiger partial charge is 0.115 e. The first-order valence-corrected chi connectivity index (χ1v) is 5.15. The van der Waals surface area contributed by atoms with Crippen LogP contribution in [0.5, 0.6) is 5.75 Å². The largest absolute Gasteiger partial charge is 0.508 e. The lowest BCUT2D eigenvalue weighted by molar-refractivity contribution is 0.361. The lowest BCUT2D eigenvalue weighted by Gasteiger charge is -2.23. The van der Waals surface area contributed by atoms with Gasteiger partial charge in [0.25, 0.3) is 0 Å². The predicted octanol–water partition coefficient (Wildman–Crippen LogP) is 2.46. The van der Waals surface area contributed by atoms with Crippen LogP contribution in [0.2, 0.25) is 0 Å². The minimum absolute atomic E-state index is 0.338. The second kappa shape index (κ2) is 5.66. The maximum Gasteiger partial charge on any atom is 0.115 e. The van der Waals surface area contributed by atoms with E-state index in [9.17, 15) is 0 Å². The van der Waals surface area contributed by atoms with Crippen molar-refractivity contribution in [2.45, 2.75) is 32.2 Å². The molecule has 1 fully saturated rings. The molecule has 0 spiro atoms. The van der Waals surface area contributed by atoms with Crippen LogP contribution in [0.15, 0.2) is 24.3 Å². The highest BCUT2D eigenvalue weighted by Crippen LogP contribution is 2.16. The number of hydrogen-bond donors (Lipinski definition) is 2. The van der Waals surface area contributed by atoms with Crippen molar-refractivity contribution in [3.63, 3.8) is 0 Å². The molecule has 0 radical (unpaired) electrons. The summed E-state index contributed by atoms with van der Waals surface area (Å²) < 4.78 is 0. The van der Waals surface area contributed by atoms with E-state index >= 15 is 0 Å². The molecule has 1 aliphatic rings. The van der Waals surface area contributed by atoms with Gasteiger partial charge in [-0.1, -0.05) is 18.6 Å². The van der Waals surface area contributed by atoms with Gasteiger partial charge in [0, 0.05) is 6.04 Å². The maximum atomic E-state index is 8.81. The molecule has 0 saturated heterocycles. The van der Waals surface area contributed by atoms with Gasteiger partial charge >= 0.3 is 0 Å². The highest BCUT2D eigenvalue weighted by Gasteiger charge is 2.13. The third kappa shape index (κ3) is 3.79. The van der Waals surface area contributed by atoms with E-state index in [1.165, 1.54) is 19.3 Å². The zero-order chi connectivity index (χ0) is 10.4. The van der Waals surface area contributed by atoms with Crippen LogP contribution in [0.4, 0.5) is 0 Å². The third-order valence-corrected chi connectivity index (χ3v) is 2.52. The molecule has 0 unspecified atom stereocenters. The topological polar surface area (TPSA) is 32.3 Å². The van der Waals surface area contributed by atoms with Crippen LogP contribution in [0.3, 0.4) is 0 Å². The average Bonchev–Trinajstić information content (AvgIpc) is 2.02. The summed E-state index contributed by atoms with van der Waals surface area (Å²) in [6, 6.07) is 8.02. The predicted molar refractivity (Wildman–Crippen MR) is 59.5 cm³/mol. The SMILES string of the molecule is CNC1CCC1.Cc1cccc(O)c1. The van der Waals surface area contributed by atoms with E-state index in [-0.39, 0.29) is 0 Å². The summed E-state index contributed by atoms with van der Waals surface area (Å²) in [5.74, 6) is 0.338. The summed E-state index contributed by atoms with van der Waals surface area (Å²) in [6.45, 7) is 1.94. The van der Waals surface area contributed by atoms with Crippen LogP contribution in [0.25, 0.3) is 0 Å². The molecular weight excluding hydrogens is 174 g/mol. The third-order valence-electron chi connectivity index (χ3n) is 2.52. The van der Waals surface area contributed by atoms with Crippen molar-refractivity contribution in [1.82, 2.24) is 5.32 Å². The summed E-state index contributed by atoms with van der Waals surface area (Å²) in [7, 11) is 2.03. The van der Waals surface area contributed by atoms with E-state index < -0.39 is 0 Å². The van der Waals surface area contributed by atoms with Crippen molar-refractivity contribution < 1.29 is 5.11 Å². The molecule has 2 rings (SSSR count). The molecule has 2 N–H and O–H groups in total. The Hall–Kier alpha value is -1.02. The first kappa shape index (κ1) is 11.1. The van der Waals surface area contributed by atoms with Crippen molar-refractivity contribution in [3.05, 3.63) is 29.8 Å². The molecule has 0 amide bonds. The van der Waals surface area contributed by atoms with Gasteiger partial charge in [0.15, 0.2) is 0 Å². The van der Waals surface area contributed by atoms with Crippen LogP contribution >= 0.6 is 0 Å². The van der Waals surface area contributed by atoms with E-state index in [1.54, 1.807) is 12.1 Å². The Bertz CT molecular complexity index is 249. The van der Waals surface area contributed by atoms with E-state index in [0.29, 0.717) is 5.75 Å². The lowest BCUT2D eigenvalue weighted by Crippen LogP contribution is -2.31. The van der Waals surface area contributed by atoms with Crippen molar-refractivity contribution in [3.8, 4) is 5.75 Å². The highest BCUT2D eigenvalue weighted by atomic mass is 16.3. The van der Waals surface area contributed by atoms with Gasteiger partial charge in [-0.2, -0.15) is 0 Å². The Morgan fingerprint density at radius 1 is 1.36 bits per heavy atom. The van der Waals surface area contributed by atoms with Gasteiger partial charge < -0.3 is 10.4 Å². The minimum Gasteiger partial charge on any atom is -0.508 e. The number of rotatable bonds is 1. The van der Waals surface area contributed by atoms with E-state index in [2.05, 4.69) is 5.32 Å². The summed E-state index contributed by atoms with van der Waals surface area (Å²) in [6.07, 6.45) is 4.23. The van der Waals surface area contributed by atoms with Gasteiger partial charge in [0.05, 0.1) is 0 Å². The minimum atomic E-state index is 0.338. The molecule has 78 valence electrons. The molecule has 0 aromatic heterocycles. The van der Waals surface area contributed by atoms with Crippen LogP contribution in [-0.2, 0) is 0 Å². The average molecular weight is 193 g/mol. The second-order valence-electron chi connectivity index (χ2n) is 3.76. The molecule has 1 aromatic carbocycles. The Balaban J connectivity index is 0.000000146. The number of phenols is 1. The van der Waals surface area contributed by atoms with Crippen molar-refractivity contribution >= 4 is 0 Å². The first-order valence-electron chi connectivity index (χ1n) is 5.15. The quantitative estimate of drug-likeness (QED) is 0.718. The molecular formula is C12H19NO. The summed E-state index contributed by atoms with van der Waals surface area (Å²) in [4.78, 5) is 0. The molecule has 2 nitrogen and oxygen atoms in total. The fourth-order valence-corrected chi connectivity index (χ4v) is 1.32. The van der Waals surface area contributed by atoms with Crippen molar-refractivity contribution in [2.24, 2.45) is 0 Å². The van der Waals surface area contributed by atoms with E-state index in [1.807, 2.05) is 26.1 Å². The maximum absolute atomic E-state index is 8.81. The number of nitrogens with one attached hydrogen (secondary N) is 1. The molecule has 2 heteroatoms. The number of aryl methyl sites for hydroxylation is 1. The molecule has 0 aliphatic heterocycles. The fourth-order valence-electron chi connectivity index (χ4n) is 1.32. The first-order chi connectivity index (χ1) is 6.72. The van der Waals surface area contributed by atoms with Gasteiger partial charge in [-0.3, -0.25) is 0 Å². The number of phenolic OH excluding ortho intramolecular Hbond substituents is 1. The Morgan fingerprint density at radius 3 is 2.29 bits per heavy atom.